The SMILES string of the molecule is CCOC(=O)C(CC1CC1C#N)NC(=O)OCc1ccccc1. The highest BCUT2D eigenvalue weighted by Crippen LogP contribution is 2.41. The van der Waals surface area contributed by atoms with Crippen LogP contribution in [0.4, 0.5) is 4.79 Å². The van der Waals surface area contributed by atoms with Crippen LogP contribution in [0.5, 0.6) is 0 Å². The van der Waals surface area contributed by atoms with Crippen LogP contribution in [-0.4, -0.2) is 24.7 Å². The maximum Gasteiger partial charge on any atom is 0.408 e. The standard InChI is InChI=1S/C17H20N2O4/c1-2-22-16(20)15(9-13-8-14(13)10-18)19-17(21)23-11-12-6-4-3-5-7-12/h3-7,13-15H,2,8-9,11H2,1H3,(H,19,21). The van der Waals surface area contributed by atoms with E-state index in [1.165, 1.54) is 0 Å². The molecule has 0 heterocycles. The van der Waals surface area contributed by atoms with Crippen molar-refractivity contribution in [2.45, 2.75) is 32.4 Å². The monoisotopic (exact) mass is 316 g/mol. The zero-order chi connectivity index (χ0) is 16.7. The van der Waals surface area contributed by atoms with E-state index in [4.69, 9.17) is 14.7 Å². The summed E-state index contributed by atoms with van der Waals surface area (Å²) in [5, 5.41) is 11.4. The molecule has 6 nitrogen and oxygen atoms in total. The van der Waals surface area contributed by atoms with Gasteiger partial charge in [-0.3, -0.25) is 0 Å². The van der Waals surface area contributed by atoms with Crippen molar-refractivity contribution in [2.75, 3.05) is 6.61 Å². The zero-order valence-corrected chi connectivity index (χ0v) is 13.0. The molecule has 0 saturated heterocycles. The lowest BCUT2D eigenvalue weighted by Gasteiger charge is -2.17. The topological polar surface area (TPSA) is 88.4 Å². The van der Waals surface area contributed by atoms with Crippen LogP contribution in [0.3, 0.4) is 0 Å². The molecule has 1 amide bonds. The molecule has 0 radical (unpaired) electrons. The third kappa shape index (κ3) is 5.29. The molecular formula is C17H20N2O4. The van der Waals surface area contributed by atoms with E-state index < -0.39 is 18.1 Å². The van der Waals surface area contributed by atoms with Gasteiger partial charge in [0.2, 0.25) is 0 Å². The van der Waals surface area contributed by atoms with E-state index in [1.807, 2.05) is 30.3 Å². The Balaban J connectivity index is 1.84. The summed E-state index contributed by atoms with van der Waals surface area (Å²) in [6.07, 6.45) is 0.492. The Morgan fingerprint density at radius 1 is 1.35 bits per heavy atom. The van der Waals surface area contributed by atoms with E-state index in [1.54, 1.807) is 6.92 Å². The highest BCUT2D eigenvalue weighted by atomic mass is 16.6. The average Bonchev–Trinajstić information content (AvgIpc) is 3.32. The first-order chi connectivity index (χ1) is 11.1. The molecule has 1 fully saturated rings. The van der Waals surface area contributed by atoms with Crippen LogP contribution in [0.2, 0.25) is 0 Å². The van der Waals surface area contributed by atoms with Crippen molar-refractivity contribution < 1.29 is 19.1 Å². The summed E-state index contributed by atoms with van der Waals surface area (Å²) in [5.74, 6) is -0.398. The fraction of sp³-hybridized carbons (Fsp3) is 0.471. The molecule has 23 heavy (non-hydrogen) atoms. The van der Waals surface area contributed by atoms with Gasteiger partial charge in [-0.1, -0.05) is 30.3 Å². The number of benzene rings is 1. The lowest BCUT2D eigenvalue weighted by atomic mass is 10.1. The van der Waals surface area contributed by atoms with Crippen LogP contribution < -0.4 is 5.32 Å². The molecule has 0 aromatic heterocycles. The summed E-state index contributed by atoms with van der Waals surface area (Å²) in [7, 11) is 0. The Morgan fingerprint density at radius 3 is 2.70 bits per heavy atom. The highest BCUT2D eigenvalue weighted by Gasteiger charge is 2.41. The molecule has 1 aromatic rings. The number of nitriles is 1. The van der Waals surface area contributed by atoms with Gasteiger partial charge in [0.15, 0.2) is 0 Å². The van der Waals surface area contributed by atoms with Crippen molar-refractivity contribution in [3.05, 3.63) is 35.9 Å². The summed E-state index contributed by atoms with van der Waals surface area (Å²) in [4.78, 5) is 23.8. The minimum Gasteiger partial charge on any atom is -0.464 e. The Kier molecular flexibility index (Phi) is 5.98. The van der Waals surface area contributed by atoms with Gasteiger partial charge >= 0.3 is 12.1 Å². The van der Waals surface area contributed by atoms with Crippen molar-refractivity contribution in [3.63, 3.8) is 0 Å². The number of esters is 1. The molecule has 1 saturated carbocycles. The summed E-state index contributed by atoms with van der Waals surface area (Å²) in [6, 6.07) is 10.7. The number of ether oxygens (including phenoxy) is 2. The van der Waals surface area contributed by atoms with E-state index in [9.17, 15) is 9.59 Å². The van der Waals surface area contributed by atoms with Crippen LogP contribution in [0.15, 0.2) is 30.3 Å². The lowest BCUT2D eigenvalue weighted by Crippen LogP contribution is -2.42. The molecule has 122 valence electrons. The van der Waals surface area contributed by atoms with E-state index in [0.29, 0.717) is 6.42 Å². The van der Waals surface area contributed by atoms with Gasteiger partial charge in [-0.05, 0) is 31.2 Å². The second kappa shape index (κ2) is 8.18. The van der Waals surface area contributed by atoms with Gasteiger partial charge in [-0.25, -0.2) is 9.59 Å². The normalized spacial score (nSPS) is 20.0. The largest absolute Gasteiger partial charge is 0.464 e. The highest BCUT2D eigenvalue weighted by molar-refractivity contribution is 5.81. The van der Waals surface area contributed by atoms with E-state index in [-0.39, 0.29) is 25.0 Å². The number of hydrogen-bond donors (Lipinski definition) is 1. The maximum absolute atomic E-state index is 11.9. The molecule has 1 N–H and O–H groups in total. The number of hydrogen-bond acceptors (Lipinski definition) is 5. The first-order valence-corrected chi connectivity index (χ1v) is 7.67. The number of amides is 1. The molecule has 1 aromatic carbocycles. The van der Waals surface area contributed by atoms with Crippen LogP contribution in [-0.2, 0) is 20.9 Å². The second-order valence-corrected chi connectivity index (χ2v) is 5.48. The smallest absolute Gasteiger partial charge is 0.408 e. The van der Waals surface area contributed by atoms with Crippen LogP contribution >= 0.6 is 0 Å². The van der Waals surface area contributed by atoms with Gasteiger partial charge in [0.1, 0.15) is 12.6 Å². The van der Waals surface area contributed by atoms with Crippen molar-refractivity contribution in [1.82, 2.24) is 5.32 Å². The first kappa shape index (κ1) is 16.8. The Bertz CT molecular complexity index is 582. The van der Waals surface area contributed by atoms with E-state index in [0.717, 1.165) is 12.0 Å². The number of alkyl carbamates (subject to hydrolysis) is 1. The summed E-state index contributed by atoms with van der Waals surface area (Å²) in [5.41, 5.74) is 0.863. The predicted octanol–water partition coefficient (Wildman–Crippen LogP) is 2.39. The predicted molar refractivity (Wildman–Crippen MR) is 82.0 cm³/mol. The van der Waals surface area contributed by atoms with Crippen molar-refractivity contribution >= 4 is 12.1 Å². The van der Waals surface area contributed by atoms with Crippen molar-refractivity contribution in [2.24, 2.45) is 11.8 Å². The number of nitrogens with one attached hydrogen (secondary N) is 1. The third-order valence-electron chi connectivity index (χ3n) is 3.70. The van der Waals surface area contributed by atoms with Gasteiger partial charge < -0.3 is 14.8 Å². The van der Waals surface area contributed by atoms with Crippen LogP contribution in [0, 0.1) is 23.2 Å². The van der Waals surface area contributed by atoms with Crippen LogP contribution in [0.25, 0.3) is 0 Å². The molecule has 1 aliphatic rings. The minimum atomic E-state index is -0.776. The minimum absolute atomic E-state index is 0.0333. The summed E-state index contributed by atoms with van der Waals surface area (Å²) < 4.78 is 10.1. The molecule has 0 bridgehead atoms. The number of rotatable bonds is 7. The molecule has 2 rings (SSSR count). The zero-order valence-electron chi connectivity index (χ0n) is 13.0. The second-order valence-electron chi connectivity index (χ2n) is 5.48. The average molecular weight is 316 g/mol. The lowest BCUT2D eigenvalue weighted by molar-refractivity contribution is -0.145. The van der Waals surface area contributed by atoms with E-state index in [2.05, 4.69) is 11.4 Å². The molecule has 1 aliphatic carbocycles. The quantitative estimate of drug-likeness (QED) is 0.780. The first-order valence-electron chi connectivity index (χ1n) is 7.67. The molecule has 6 heteroatoms. The Morgan fingerprint density at radius 2 is 2.09 bits per heavy atom. The third-order valence-corrected chi connectivity index (χ3v) is 3.70. The van der Waals surface area contributed by atoms with Gasteiger partial charge in [-0.2, -0.15) is 5.26 Å². The molecule has 0 spiro atoms. The fourth-order valence-electron chi connectivity index (χ4n) is 2.33. The van der Waals surface area contributed by atoms with Gasteiger partial charge in [0, 0.05) is 5.92 Å². The molecule has 3 atom stereocenters. The van der Waals surface area contributed by atoms with Gasteiger partial charge in [-0.15, -0.1) is 0 Å². The van der Waals surface area contributed by atoms with Crippen molar-refractivity contribution in [3.8, 4) is 6.07 Å². The Labute approximate surface area is 135 Å². The molecule has 3 unspecified atom stereocenters. The number of carbonyl (C=O) groups excluding carboxylic acids is 2. The summed E-state index contributed by atoms with van der Waals surface area (Å²) >= 11 is 0. The van der Waals surface area contributed by atoms with Gasteiger partial charge in [0.05, 0.1) is 12.7 Å². The van der Waals surface area contributed by atoms with E-state index >= 15 is 0 Å². The van der Waals surface area contributed by atoms with Crippen molar-refractivity contribution in [1.29, 1.82) is 5.26 Å². The molecular weight excluding hydrogens is 296 g/mol. The number of carbonyl (C=O) groups is 2. The molecule has 0 aliphatic heterocycles. The number of nitrogens with zero attached hydrogens (tertiary/aromatic N) is 1. The van der Waals surface area contributed by atoms with Gasteiger partial charge in [0.25, 0.3) is 0 Å². The van der Waals surface area contributed by atoms with Crippen LogP contribution in [0.1, 0.15) is 25.3 Å². The maximum atomic E-state index is 11.9. The Hall–Kier alpha value is -2.55. The summed E-state index contributed by atoms with van der Waals surface area (Å²) in [6.45, 7) is 2.08. The fourth-order valence-corrected chi connectivity index (χ4v) is 2.33.